The molecule has 1 saturated heterocycles. The fourth-order valence-electron chi connectivity index (χ4n) is 2.75. The summed E-state index contributed by atoms with van der Waals surface area (Å²) >= 11 is 3.30. The lowest BCUT2D eigenvalue weighted by molar-refractivity contribution is -0.139. The Balaban J connectivity index is 2.16. The van der Waals surface area contributed by atoms with Crippen molar-refractivity contribution in [3.05, 3.63) is 75.5 Å². The van der Waals surface area contributed by atoms with Crippen molar-refractivity contribution >= 4 is 33.4 Å². The van der Waals surface area contributed by atoms with Crippen LogP contribution in [-0.2, 0) is 9.59 Å². The summed E-state index contributed by atoms with van der Waals surface area (Å²) in [5, 5.41) is 10.6. The topological polar surface area (TPSA) is 57.6 Å². The highest BCUT2D eigenvalue weighted by atomic mass is 79.9. The molecule has 1 aliphatic rings. The first-order valence-electron chi connectivity index (χ1n) is 7.16. The molecule has 0 saturated carbocycles. The first-order chi connectivity index (χ1) is 11.4. The number of amides is 1. The van der Waals surface area contributed by atoms with Crippen LogP contribution in [-0.4, -0.2) is 28.7 Å². The van der Waals surface area contributed by atoms with E-state index in [0.29, 0.717) is 11.1 Å². The van der Waals surface area contributed by atoms with Gasteiger partial charge in [0.05, 0.1) is 11.6 Å². The number of ketones is 1. The van der Waals surface area contributed by atoms with Gasteiger partial charge in [-0.1, -0.05) is 40.2 Å². The lowest BCUT2D eigenvalue weighted by Gasteiger charge is -2.21. The Morgan fingerprint density at radius 1 is 1.08 bits per heavy atom. The van der Waals surface area contributed by atoms with E-state index in [1.54, 1.807) is 24.3 Å². The Hall–Kier alpha value is -2.47. The molecule has 3 rings (SSSR count). The van der Waals surface area contributed by atoms with Crippen LogP contribution in [0.2, 0.25) is 0 Å². The first kappa shape index (κ1) is 16.4. The molecule has 0 unspecified atom stereocenters. The zero-order valence-electron chi connectivity index (χ0n) is 12.7. The van der Waals surface area contributed by atoms with Gasteiger partial charge < -0.3 is 10.0 Å². The summed E-state index contributed by atoms with van der Waals surface area (Å²) in [6.07, 6.45) is 0. The minimum atomic E-state index is -0.757. The van der Waals surface area contributed by atoms with E-state index < -0.39 is 23.5 Å². The van der Waals surface area contributed by atoms with E-state index in [0.717, 1.165) is 4.47 Å². The molecule has 0 radical (unpaired) electrons. The Labute approximate surface area is 146 Å². The Kier molecular flexibility index (Phi) is 4.24. The maximum atomic E-state index is 13.2. The van der Waals surface area contributed by atoms with Gasteiger partial charge >= 0.3 is 0 Å². The number of hydrogen-bond donors (Lipinski definition) is 1. The third-order valence-electron chi connectivity index (χ3n) is 3.98. The standard InChI is InChI=1S/C18H13BrFNO3/c1-21-15(10-4-8-13(20)9-5-10)14(17(23)18(21)24)16(22)11-2-6-12(19)7-3-11/h2-9,15,22H,1H3/t15-/m0/s1. The minimum Gasteiger partial charge on any atom is -0.507 e. The number of Topliss-reactive ketones (excluding diaryl/α,β-unsaturated/α-hetero) is 1. The van der Waals surface area contributed by atoms with E-state index in [1.807, 2.05) is 0 Å². The Morgan fingerprint density at radius 2 is 1.67 bits per heavy atom. The van der Waals surface area contributed by atoms with Crippen LogP contribution in [0.1, 0.15) is 17.2 Å². The molecule has 1 heterocycles. The molecule has 1 aliphatic heterocycles. The lowest BCUT2D eigenvalue weighted by Crippen LogP contribution is -2.24. The number of aliphatic hydroxyl groups excluding tert-OH is 1. The molecule has 6 heteroatoms. The van der Waals surface area contributed by atoms with Crippen molar-refractivity contribution in [3.8, 4) is 0 Å². The zero-order chi connectivity index (χ0) is 17.4. The summed E-state index contributed by atoms with van der Waals surface area (Å²) in [7, 11) is 1.48. The fourth-order valence-corrected chi connectivity index (χ4v) is 3.01. The van der Waals surface area contributed by atoms with Crippen molar-refractivity contribution in [2.45, 2.75) is 6.04 Å². The quantitative estimate of drug-likeness (QED) is 0.484. The van der Waals surface area contributed by atoms with Crippen LogP contribution < -0.4 is 0 Å². The van der Waals surface area contributed by atoms with E-state index >= 15 is 0 Å². The number of rotatable bonds is 2. The normalized spacial score (nSPS) is 19.8. The third-order valence-corrected chi connectivity index (χ3v) is 4.51. The summed E-state index contributed by atoms with van der Waals surface area (Å²) in [5.41, 5.74) is 0.977. The van der Waals surface area contributed by atoms with Gasteiger partial charge in [-0.15, -0.1) is 0 Å². The largest absolute Gasteiger partial charge is 0.507 e. The predicted octanol–water partition coefficient (Wildman–Crippen LogP) is 3.64. The molecular weight excluding hydrogens is 377 g/mol. The van der Waals surface area contributed by atoms with Crippen LogP contribution in [0.4, 0.5) is 4.39 Å². The molecular formula is C18H13BrFNO3. The zero-order valence-corrected chi connectivity index (χ0v) is 14.2. The van der Waals surface area contributed by atoms with Crippen LogP contribution in [0.3, 0.4) is 0 Å². The fraction of sp³-hybridized carbons (Fsp3) is 0.111. The third kappa shape index (κ3) is 2.73. The summed E-state index contributed by atoms with van der Waals surface area (Å²) in [5.74, 6) is -2.13. The van der Waals surface area contributed by atoms with E-state index in [2.05, 4.69) is 15.9 Å². The van der Waals surface area contributed by atoms with Crippen LogP contribution in [0.5, 0.6) is 0 Å². The minimum absolute atomic E-state index is 0.00330. The second-order valence-corrected chi connectivity index (χ2v) is 6.38. The van der Waals surface area contributed by atoms with Gasteiger partial charge in [0.2, 0.25) is 0 Å². The van der Waals surface area contributed by atoms with Gasteiger partial charge in [0.15, 0.2) is 0 Å². The number of hydrogen-bond acceptors (Lipinski definition) is 3. The van der Waals surface area contributed by atoms with Gasteiger partial charge in [0.25, 0.3) is 11.7 Å². The van der Waals surface area contributed by atoms with Crippen LogP contribution >= 0.6 is 15.9 Å². The molecule has 1 N–H and O–H groups in total. The number of benzene rings is 2. The van der Waals surface area contributed by atoms with E-state index in [-0.39, 0.29) is 11.3 Å². The van der Waals surface area contributed by atoms with Crippen molar-refractivity contribution in [2.24, 2.45) is 0 Å². The molecule has 122 valence electrons. The Morgan fingerprint density at radius 3 is 2.25 bits per heavy atom. The molecule has 0 bridgehead atoms. The smallest absolute Gasteiger partial charge is 0.295 e. The number of nitrogens with zero attached hydrogens (tertiary/aromatic N) is 1. The van der Waals surface area contributed by atoms with E-state index in [4.69, 9.17) is 0 Å². The van der Waals surface area contributed by atoms with E-state index in [9.17, 15) is 19.1 Å². The summed E-state index contributed by atoms with van der Waals surface area (Å²) in [6, 6.07) is 11.5. The average molecular weight is 390 g/mol. The molecule has 0 aliphatic carbocycles. The van der Waals surface area contributed by atoms with Crippen molar-refractivity contribution < 1.29 is 19.1 Å². The second-order valence-electron chi connectivity index (χ2n) is 5.47. The monoisotopic (exact) mass is 389 g/mol. The summed E-state index contributed by atoms with van der Waals surface area (Å²) in [4.78, 5) is 25.7. The molecule has 2 aromatic carbocycles. The summed E-state index contributed by atoms with van der Waals surface area (Å²) in [6.45, 7) is 0. The van der Waals surface area contributed by atoms with E-state index in [1.165, 1.54) is 36.2 Å². The molecule has 1 atom stereocenters. The molecule has 0 aromatic heterocycles. The van der Waals surface area contributed by atoms with Crippen LogP contribution in [0.15, 0.2) is 58.6 Å². The number of likely N-dealkylation sites (N-methyl/N-ethyl adjacent to an activating group) is 1. The number of carbonyl (C=O) groups excluding carboxylic acids is 2. The van der Waals surface area contributed by atoms with Crippen molar-refractivity contribution in [1.29, 1.82) is 0 Å². The molecule has 4 nitrogen and oxygen atoms in total. The number of likely N-dealkylation sites (tertiary alicyclic amines) is 1. The number of halogens is 2. The number of carbonyl (C=O) groups is 2. The van der Waals surface area contributed by atoms with Gasteiger partial charge in [-0.05, 0) is 29.8 Å². The predicted molar refractivity (Wildman–Crippen MR) is 90.6 cm³/mol. The van der Waals surface area contributed by atoms with Gasteiger partial charge in [0.1, 0.15) is 11.6 Å². The molecule has 0 spiro atoms. The second kappa shape index (κ2) is 6.20. The van der Waals surface area contributed by atoms with Crippen molar-refractivity contribution in [2.75, 3.05) is 7.05 Å². The average Bonchev–Trinajstić information content (AvgIpc) is 2.80. The highest BCUT2D eigenvalue weighted by molar-refractivity contribution is 9.10. The maximum Gasteiger partial charge on any atom is 0.295 e. The lowest BCUT2D eigenvalue weighted by atomic mass is 9.95. The maximum absolute atomic E-state index is 13.2. The highest BCUT2D eigenvalue weighted by Gasteiger charge is 2.44. The summed E-state index contributed by atoms with van der Waals surface area (Å²) < 4.78 is 14.0. The highest BCUT2D eigenvalue weighted by Crippen LogP contribution is 2.38. The van der Waals surface area contributed by atoms with Gasteiger partial charge in [0, 0.05) is 17.1 Å². The van der Waals surface area contributed by atoms with Crippen molar-refractivity contribution in [1.82, 2.24) is 4.90 Å². The van der Waals surface area contributed by atoms with Crippen LogP contribution in [0.25, 0.3) is 5.76 Å². The number of aliphatic hydroxyl groups is 1. The molecule has 2 aromatic rings. The van der Waals surface area contributed by atoms with Gasteiger partial charge in [-0.2, -0.15) is 0 Å². The molecule has 1 amide bonds. The van der Waals surface area contributed by atoms with Crippen LogP contribution in [0, 0.1) is 5.82 Å². The molecule has 1 fully saturated rings. The SMILES string of the molecule is CN1C(=O)C(=O)C(=C(O)c2ccc(Br)cc2)[C@@H]1c1ccc(F)cc1. The first-order valence-corrected chi connectivity index (χ1v) is 7.95. The van der Waals surface area contributed by atoms with Gasteiger partial charge in [-0.3, -0.25) is 9.59 Å². The Bertz CT molecular complexity index is 844. The van der Waals surface area contributed by atoms with Crippen molar-refractivity contribution in [3.63, 3.8) is 0 Å². The van der Waals surface area contributed by atoms with Gasteiger partial charge in [-0.25, -0.2) is 4.39 Å². The molecule has 24 heavy (non-hydrogen) atoms.